The molecule has 2 aromatic rings. The fourth-order valence-electron chi connectivity index (χ4n) is 3.99. The van der Waals surface area contributed by atoms with Crippen LogP contribution in [0.5, 0.6) is 0 Å². The largest absolute Gasteiger partial charge is 0.302 e. The van der Waals surface area contributed by atoms with Crippen molar-refractivity contribution in [2.75, 3.05) is 18.4 Å². The zero-order valence-electron chi connectivity index (χ0n) is 15.2. The fourth-order valence-corrected chi connectivity index (χ4v) is 4.89. The minimum atomic E-state index is -0.0703. The third-order valence-electron chi connectivity index (χ3n) is 5.38. The van der Waals surface area contributed by atoms with Crippen molar-refractivity contribution >= 4 is 28.5 Å². The molecule has 3 heterocycles. The van der Waals surface area contributed by atoms with Crippen molar-refractivity contribution in [3.8, 4) is 0 Å². The van der Waals surface area contributed by atoms with Gasteiger partial charge >= 0.3 is 0 Å². The van der Waals surface area contributed by atoms with Crippen molar-refractivity contribution in [1.82, 2.24) is 14.9 Å². The van der Waals surface area contributed by atoms with Crippen LogP contribution in [0.15, 0.2) is 30.1 Å². The van der Waals surface area contributed by atoms with Crippen molar-refractivity contribution in [1.29, 1.82) is 0 Å². The molecule has 1 amide bonds. The van der Waals surface area contributed by atoms with Gasteiger partial charge in [-0.2, -0.15) is 0 Å². The molecule has 6 heteroatoms. The Morgan fingerprint density at radius 1 is 1.42 bits per heavy atom. The van der Waals surface area contributed by atoms with E-state index in [2.05, 4.69) is 39.3 Å². The number of aromatic nitrogens is 2. The number of pyridine rings is 1. The third-order valence-corrected chi connectivity index (χ3v) is 6.27. The maximum Gasteiger partial charge on any atom is 0.223 e. The standard InChI is InChI=1S/C20H24N4OS/c1-13-5-7-24(11-17-10-22-20(26-17)23-14(2)25)12-18(13)16-8-15-4-3-6-21-19(15)9-16/h3-4,6,9-10,13,18H,5,7-8,11-12H2,1-2H3,(H,22,23,25)/t13-,18?/m0/s1. The molecule has 1 aliphatic heterocycles. The summed E-state index contributed by atoms with van der Waals surface area (Å²) >= 11 is 1.57. The number of nitrogens with one attached hydrogen (secondary N) is 1. The van der Waals surface area contributed by atoms with E-state index in [1.54, 1.807) is 11.3 Å². The lowest BCUT2D eigenvalue weighted by Crippen LogP contribution is -2.39. The van der Waals surface area contributed by atoms with Gasteiger partial charge in [-0.15, -0.1) is 11.3 Å². The molecule has 0 aromatic carbocycles. The van der Waals surface area contributed by atoms with Crippen LogP contribution in [0.1, 0.15) is 36.4 Å². The second-order valence-electron chi connectivity index (χ2n) is 7.36. The third kappa shape index (κ3) is 3.71. The summed E-state index contributed by atoms with van der Waals surface area (Å²) in [6.45, 7) is 6.98. The first-order valence-electron chi connectivity index (χ1n) is 9.17. The van der Waals surface area contributed by atoms with Gasteiger partial charge in [0, 0.05) is 37.3 Å². The molecule has 5 nitrogen and oxygen atoms in total. The minimum absolute atomic E-state index is 0.0703. The van der Waals surface area contributed by atoms with Gasteiger partial charge in [0.25, 0.3) is 0 Å². The fraction of sp³-hybridized carbons (Fsp3) is 0.450. The summed E-state index contributed by atoms with van der Waals surface area (Å²) in [5.74, 6) is 1.21. The van der Waals surface area contributed by atoms with Crippen molar-refractivity contribution in [2.45, 2.75) is 33.2 Å². The molecule has 2 atom stereocenters. The number of piperidine rings is 1. The van der Waals surface area contributed by atoms with E-state index < -0.39 is 0 Å². The van der Waals surface area contributed by atoms with E-state index in [0.717, 1.165) is 31.7 Å². The highest BCUT2D eigenvalue weighted by Gasteiger charge is 2.31. The minimum Gasteiger partial charge on any atom is -0.302 e. The summed E-state index contributed by atoms with van der Waals surface area (Å²) < 4.78 is 0. The van der Waals surface area contributed by atoms with E-state index in [9.17, 15) is 4.79 Å². The van der Waals surface area contributed by atoms with Gasteiger partial charge in [0.1, 0.15) is 0 Å². The van der Waals surface area contributed by atoms with Gasteiger partial charge in [0.15, 0.2) is 5.13 Å². The van der Waals surface area contributed by atoms with E-state index in [1.165, 1.54) is 29.4 Å². The molecule has 1 aliphatic carbocycles. The number of carbonyl (C=O) groups excluding carboxylic acids is 1. The van der Waals surface area contributed by atoms with Crippen LogP contribution in [0.25, 0.3) is 6.08 Å². The van der Waals surface area contributed by atoms with Crippen molar-refractivity contribution in [2.24, 2.45) is 11.8 Å². The molecule has 1 fully saturated rings. The zero-order chi connectivity index (χ0) is 18.1. The predicted molar refractivity (Wildman–Crippen MR) is 105 cm³/mol. The van der Waals surface area contributed by atoms with Gasteiger partial charge in [-0.05, 0) is 48.9 Å². The molecule has 1 unspecified atom stereocenters. The van der Waals surface area contributed by atoms with E-state index in [1.807, 2.05) is 18.5 Å². The molecule has 0 bridgehead atoms. The highest BCUT2D eigenvalue weighted by Crippen LogP contribution is 2.36. The number of hydrogen-bond donors (Lipinski definition) is 1. The Hall–Kier alpha value is -2.05. The maximum atomic E-state index is 11.2. The lowest BCUT2D eigenvalue weighted by molar-refractivity contribution is -0.114. The second kappa shape index (κ2) is 7.29. The van der Waals surface area contributed by atoms with Crippen molar-refractivity contribution in [3.05, 3.63) is 46.2 Å². The quantitative estimate of drug-likeness (QED) is 0.896. The molecular formula is C20H24N4OS. The van der Waals surface area contributed by atoms with Crippen LogP contribution in [-0.2, 0) is 17.8 Å². The van der Waals surface area contributed by atoms with Gasteiger partial charge < -0.3 is 5.32 Å². The van der Waals surface area contributed by atoms with Crippen LogP contribution >= 0.6 is 11.3 Å². The number of rotatable bonds is 4. The molecule has 1 N–H and O–H groups in total. The highest BCUT2D eigenvalue weighted by atomic mass is 32.1. The van der Waals surface area contributed by atoms with Crippen LogP contribution in [0.4, 0.5) is 5.13 Å². The molecule has 2 aromatic heterocycles. The molecule has 0 saturated carbocycles. The molecule has 0 spiro atoms. The predicted octanol–water partition coefficient (Wildman–Crippen LogP) is 3.59. The second-order valence-corrected chi connectivity index (χ2v) is 8.48. The lowest BCUT2D eigenvalue weighted by Gasteiger charge is -2.37. The monoisotopic (exact) mass is 368 g/mol. The van der Waals surface area contributed by atoms with Crippen molar-refractivity contribution < 1.29 is 4.79 Å². The van der Waals surface area contributed by atoms with Gasteiger partial charge in [-0.3, -0.25) is 14.7 Å². The highest BCUT2D eigenvalue weighted by molar-refractivity contribution is 7.15. The van der Waals surface area contributed by atoms with E-state index in [-0.39, 0.29) is 5.91 Å². The van der Waals surface area contributed by atoms with Crippen LogP contribution in [0.3, 0.4) is 0 Å². The first-order valence-corrected chi connectivity index (χ1v) is 9.99. The molecular weight excluding hydrogens is 344 g/mol. The van der Waals surface area contributed by atoms with Gasteiger partial charge in [0.2, 0.25) is 5.91 Å². The number of likely N-dealkylation sites (tertiary alicyclic amines) is 1. The first kappa shape index (κ1) is 17.4. The lowest BCUT2D eigenvalue weighted by atomic mass is 9.81. The molecule has 2 aliphatic rings. The summed E-state index contributed by atoms with van der Waals surface area (Å²) in [4.78, 5) is 23.7. The van der Waals surface area contributed by atoms with E-state index >= 15 is 0 Å². The van der Waals surface area contributed by atoms with Crippen molar-refractivity contribution in [3.63, 3.8) is 0 Å². The molecule has 136 valence electrons. The normalized spacial score (nSPS) is 22.8. The van der Waals surface area contributed by atoms with Crippen LogP contribution in [-0.4, -0.2) is 33.9 Å². The topological polar surface area (TPSA) is 58.1 Å². The van der Waals surface area contributed by atoms with Gasteiger partial charge in [0.05, 0.1) is 5.69 Å². The summed E-state index contributed by atoms with van der Waals surface area (Å²) in [5.41, 5.74) is 4.03. The first-order chi connectivity index (χ1) is 12.6. The average Bonchev–Trinajstić information content (AvgIpc) is 3.22. The Balaban J connectivity index is 1.42. The van der Waals surface area contributed by atoms with Crippen LogP contribution in [0, 0.1) is 11.8 Å². The van der Waals surface area contributed by atoms with Gasteiger partial charge in [-0.1, -0.05) is 18.6 Å². The average molecular weight is 369 g/mol. The number of hydrogen-bond acceptors (Lipinski definition) is 5. The Kier molecular flexibility index (Phi) is 4.87. The Bertz CT molecular complexity index is 844. The molecule has 26 heavy (non-hydrogen) atoms. The van der Waals surface area contributed by atoms with Crippen LogP contribution in [0.2, 0.25) is 0 Å². The Morgan fingerprint density at radius 2 is 2.31 bits per heavy atom. The van der Waals surface area contributed by atoms with Crippen LogP contribution < -0.4 is 5.32 Å². The summed E-state index contributed by atoms with van der Waals surface area (Å²) in [6, 6.07) is 4.22. The number of carbonyl (C=O) groups is 1. The van der Waals surface area contributed by atoms with Gasteiger partial charge in [-0.25, -0.2) is 4.98 Å². The number of fused-ring (bicyclic) bond motifs is 1. The summed E-state index contributed by atoms with van der Waals surface area (Å²) in [7, 11) is 0. The Morgan fingerprint density at radius 3 is 3.12 bits per heavy atom. The Labute approximate surface area is 158 Å². The number of nitrogens with zero attached hydrogens (tertiary/aromatic N) is 3. The molecule has 1 saturated heterocycles. The van der Waals surface area contributed by atoms with E-state index in [0.29, 0.717) is 17.0 Å². The smallest absolute Gasteiger partial charge is 0.223 e. The maximum absolute atomic E-state index is 11.2. The number of thiazole rings is 1. The summed E-state index contributed by atoms with van der Waals surface area (Å²) in [5, 5.41) is 3.46. The molecule has 0 radical (unpaired) electrons. The zero-order valence-corrected chi connectivity index (χ0v) is 16.1. The number of amides is 1. The number of anilines is 1. The molecule has 4 rings (SSSR count). The summed E-state index contributed by atoms with van der Waals surface area (Å²) in [6.07, 6.45) is 8.33. The SMILES string of the molecule is CC(=O)Nc1ncc(CN2CC[C@H](C)C(C3=Cc4ncccc4C3)C2)s1. The van der Waals surface area contributed by atoms with E-state index in [4.69, 9.17) is 0 Å².